The van der Waals surface area contributed by atoms with Crippen LogP contribution in [0.4, 0.5) is 4.39 Å². The number of ether oxygens (including phenoxy) is 1. The standard InChI is InChI=1S/C11H10BrFN2O/c1-15-6-11(5-14-15)16-7-8-2-9(12)4-10(13)3-8/h2-6H,7H2,1H3. The van der Waals surface area contributed by atoms with Gasteiger partial charge in [0.25, 0.3) is 0 Å². The Labute approximate surface area is 101 Å². The minimum absolute atomic E-state index is 0.279. The fourth-order valence-electron chi connectivity index (χ4n) is 1.33. The van der Waals surface area contributed by atoms with E-state index in [1.54, 1.807) is 17.1 Å². The number of nitrogens with zero attached hydrogens (tertiary/aromatic N) is 2. The summed E-state index contributed by atoms with van der Waals surface area (Å²) in [6.45, 7) is 0.321. The van der Waals surface area contributed by atoms with Crippen molar-refractivity contribution in [1.82, 2.24) is 9.78 Å². The number of aryl methyl sites for hydroxylation is 1. The third-order valence-corrected chi connectivity index (χ3v) is 2.47. The van der Waals surface area contributed by atoms with E-state index < -0.39 is 0 Å². The van der Waals surface area contributed by atoms with Crippen molar-refractivity contribution in [2.45, 2.75) is 6.61 Å². The van der Waals surface area contributed by atoms with Crippen LogP contribution < -0.4 is 4.74 Å². The monoisotopic (exact) mass is 284 g/mol. The van der Waals surface area contributed by atoms with E-state index >= 15 is 0 Å². The molecule has 5 heteroatoms. The summed E-state index contributed by atoms with van der Waals surface area (Å²) in [6.07, 6.45) is 3.38. The van der Waals surface area contributed by atoms with E-state index in [1.807, 2.05) is 13.1 Å². The fraction of sp³-hybridized carbons (Fsp3) is 0.182. The molecule has 0 amide bonds. The van der Waals surface area contributed by atoms with Crippen LogP contribution in [0.2, 0.25) is 0 Å². The Balaban J connectivity index is 2.04. The van der Waals surface area contributed by atoms with Crippen molar-refractivity contribution >= 4 is 15.9 Å². The summed E-state index contributed by atoms with van der Waals surface area (Å²) < 4.78 is 20.9. The van der Waals surface area contributed by atoms with Crippen molar-refractivity contribution < 1.29 is 9.13 Å². The van der Waals surface area contributed by atoms with Crippen LogP contribution >= 0.6 is 15.9 Å². The van der Waals surface area contributed by atoms with Gasteiger partial charge in [-0.15, -0.1) is 0 Å². The van der Waals surface area contributed by atoms with Gasteiger partial charge in [-0.05, 0) is 23.8 Å². The van der Waals surface area contributed by atoms with Gasteiger partial charge in [-0.2, -0.15) is 5.10 Å². The molecule has 0 saturated heterocycles. The van der Waals surface area contributed by atoms with Crippen LogP contribution in [0, 0.1) is 5.82 Å². The summed E-state index contributed by atoms with van der Waals surface area (Å²) >= 11 is 3.23. The molecule has 0 aliphatic carbocycles. The lowest BCUT2D eigenvalue weighted by atomic mass is 10.2. The van der Waals surface area contributed by atoms with E-state index in [2.05, 4.69) is 21.0 Å². The number of aromatic nitrogens is 2. The average molecular weight is 285 g/mol. The van der Waals surface area contributed by atoms with Crippen LogP contribution in [0.15, 0.2) is 35.1 Å². The highest BCUT2D eigenvalue weighted by atomic mass is 79.9. The lowest BCUT2D eigenvalue weighted by molar-refractivity contribution is 0.305. The van der Waals surface area contributed by atoms with Crippen LogP contribution in [0.25, 0.3) is 0 Å². The minimum Gasteiger partial charge on any atom is -0.486 e. The van der Waals surface area contributed by atoms with Crippen LogP contribution in [-0.4, -0.2) is 9.78 Å². The Morgan fingerprint density at radius 2 is 2.25 bits per heavy atom. The molecule has 0 atom stereocenters. The third kappa shape index (κ3) is 2.82. The van der Waals surface area contributed by atoms with Gasteiger partial charge in [0.1, 0.15) is 12.4 Å². The summed E-state index contributed by atoms with van der Waals surface area (Å²) in [5.74, 6) is 0.391. The number of hydrogen-bond donors (Lipinski definition) is 0. The van der Waals surface area contributed by atoms with Crippen LogP contribution in [-0.2, 0) is 13.7 Å². The van der Waals surface area contributed by atoms with Crippen LogP contribution in [0.5, 0.6) is 5.75 Å². The van der Waals surface area contributed by atoms with Gasteiger partial charge >= 0.3 is 0 Å². The van der Waals surface area contributed by atoms with Crippen LogP contribution in [0.1, 0.15) is 5.56 Å². The number of benzene rings is 1. The molecular formula is C11H10BrFN2O. The maximum atomic E-state index is 13.1. The smallest absolute Gasteiger partial charge is 0.157 e. The van der Waals surface area contributed by atoms with E-state index in [4.69, 9.17) is 4.74 Å². The summed E-state index contributed by atoms with van der Waals surface area (Å²) in [5.41, 5.74) is 0.774. The minimum atomic E-state index is -0.279. The first-order valence-electron chi connectivity index (χ1n) is 4.70. The fourth-order valence-corrected chi connectivity index (χ4v) is 1.85. The second-order valence-electron chi connectivity index (χ2n) is 3.42. The first-order valence-corrected chi connectivity index (χ1v) is 5.49. The third-order valence-electron chi connectivity index (χ3n) is 2.01. The SMILES string of the molecule is Cn1cc(OCc2cc(F)cc(Br)c2)cn1. The lowest BCUT2D eigenvalue weighted by Crippen LogP contribution is -1.95. The molecule has 0 aliphatic rings. The summed E-state index contributed by atoms with van der Waals surface area (Å²) in [4.78, 5) is 0. The maximum absolute atomic E-state index is 13.1. The zero-order valence-corrected chi connectivity index (χ0v) is 10.2. The van der Waals surface area contributed by atoms with E-state index in [1.165, 1.54) is 12.1 Å². The van der Waals surface area contributed by atoms with E-state index in [0.717, 1.165) is 5.56 Å². The van der Waals surface area contributed by atoms with E-state index in [9.17, 15) is 4.39 Å². The maximum Gasteiger partial charge on any atom is 0.157 e. The molecule has 16 heavy (non-hydrogen) atoms. The molecule has 0 spiro atoms. The summed E-state index contributed by atoms with van der Waals surface area (Å²) in [5, 5.41) is 3.97. The lowest BCUT2D eigenvalue weighted by Gasteiger charge is -2.04. The van der Waals surface area contributed by atoms with Crippen molar-refractivity contribution in [1.29, 1.82) is 0 Å². The highest BCUT2D eigenvalue weighted by Crippen LogP contribution is 2.17. The van der Waals surface area contributed by atoms with Gasteiger partial charge in [-0.25, -0.2) is 4.39 Å². The van der Waals surface area contributed by atoms with Gasteiger partial charge in [0.05, 0.1) is 12.4 Å². The first kappa shape index (κ1) is 11.1. The largest absolute Gasteiger partial charge is 0.486 e. The van der Waals surface area contributed by atoms with Crippen molar-refractivity contribution in [3.05, 3.63) is 46.4 Å². The highest BCUT2D eigenvalue weighted by molar-refractivity contribution is 9.10. The number of halogens is 2. The Morgan fingerprint density at radius 3 is 2.88 bits per heavy atom. The Hall–Kier alpha value is -1.36. The molecule has 1 heterocycles. The molecule has 84 valence electrons. The van der Waals surface area contributed by atoms with Gasteiger partial charge in [-0.3, -0.25) is 4.68 Å². The number of rotatable bonds is 3. The van der Waals surface area contributed by atoms with Crippen molar-refractivity contribution in [2.75, 3.05) is 0 Å². The van der Waals surface area contributed by atoms with Gasteiger partial charge in [0, 0.05) is 11.5 Å². The topological polar surface area (TPSA) is 27.1 Å². The molecule has 0 bridgehead atoms. The quantitative estimate of drug-likeness (QED) is 0.867. The van der Waals surface area contributed by atoms with Crippen molar-refractivity contribution in [3.63, 3.8) is 0 Å². The van der Waals surface area contributed by atoms with Gasteiger partial charge < -0.3 is 4.74 Å². The zero-order chi connectivity index (χ0) is 11.5. The summed E-state index contributed by atoms with van der Waals surface area (Å²) in [7, 11) is 1.81. The second kappa shape index (κ2) is 4.65. The molecular weight excluding hydrogens is 275 g/mol. The predicted octanol–water partition coefficient (Wildman–Crippen LogP) is 2.90. The Morgan fingerprint density at radius 1 is 1.44 bits per heavy atom. The molecule has 1 aromatic heterocycles. The molecule has 0 unspecified atom stereocenters. The van der Waals surface area contributed by atoms with Crippen LogP contribution in [0.3, 0.4) is 0 Å². The van der Waals surface area contributed by atoms with Gasteiger partial charge in [0.15, 0.2) is 5.75 Å². The molecule has 0 fully saturated rings. The first-order chi connectivity index (χ1) is 7.63. The molecule has 0 saturated carbocycles. The average Bonchev–Trinajstić information content (AvgIpc) is 2.60. The molecule has 3 nitrogen and oxygen atoms in total. The number of hydrogen-bond acceptors (Lipinski definition) is 2. The molecule has 0 radical (unpaired) electrons. The van der Waals surface area contributed by atoms with Gasteiger partial charge in [0.2, 0.25) is 0 Å². The summed E-state index contributed by atoms with van der Waals surface area (Å²) in [6, 6.07) is 4.67. The molecule has 2 aromatic rings. The predicted molar refractivity (Wildman–Crippen MR) is 61.6 cm³/mol. The highest BCUT2D eigenvalue weighted by Gasteiger charge is 2.01. The van der Waals surface area contributed by atoms with Crippen molar-refractivity contribution in [3.8, 4) is 5.75 Å². The Kier molecular flexibility index (Phi) is 3.24. The van der Waals surface area contributed by atoms with Gasteiger partial charge in [-0.1, -0.05) is 15.9 Å². The normalized spacial score (nSPS) is 10.4. The van der Waals surface area contributed by atoms with E-state index in [-0.39, 0.29) is 5.82 Å². The van der Waals surface area contributed by atoms with E-state index in [0.29, 0.717) is 16.8 Å². The zero-order valence-electron chi connectivity index (χ0n) is 8.65. The molecule has 0 N–H and O–H groups in total. The second-order valence-corrected chi connectivity index (χ2v) is 4.33. The van der Waals surface area contributed by atoms with Crippen molar-refractivity contribution in [2.24, 2.45) is 7.05 Å². The molecule has 0 aliphatic heterocycles. The Bertz CT molecular complexity index is 478. The molecule has 2 rings (SSSR count). The molecule has 1 aromatic carbocycles.